The highest BCUT2D eigenvalue weighted by molar-refractivity contribution is 4.96. The Morgan fingerprint density at radius 2 is 1.86 bits per heavy atom. The van der Waals surface area contributed by atoms with E-state index < -0.39 is 0 Å². The van der Waals surface area contributed by atoms with Crippen molar-refractivity contribution in [3.63, 3.8) is 0 Å². The van der Waals surface area contributed by atoms with E-state index in [1.807, 2.05) is 0 Å². The second-order valence-corrected chi connectivity index (χ2v) is 8.56. The van der Waals surface area contributed by atoms with E-state index in [9.17, 15) is 0 Å². The van der Waals surface area contributed by atoms with E-state index in [0.29, 0.717) is 5.41 Å². The highest BCUT2D eigenvalue weighted by Gasteiger charge is 2.40. The van der Waals surface area contributed by atoms with E-state index in [-0.39, 0.29) is 0 Å². The molecule has 4 unspecified atom stereocenters. The van der Waals surface area contributed by atoms with Crippen molar-refractivity contribution in [1.29, 1.82) is 0 Å². The predicted octanol–water partition coefficient (Wildman–Crippen LogP) is 4.30. The van der Waals surface area contributed by atoms with Crippen LogP contribution >= 0.6 is 0 Å². The van der Waals surface area contributed by atoms with Crippen molar-refractivity contribution in [2.45, 2.75) is 85.2 Å². The van der Waals surface area contributed by atoms with Crippen LogP contribution in [-0.2, 0) is 0 Å². The molecular formula is C19H38N2. The van der Waals surface area contributed by atoms with Crippen LogP contribution in [0.15, 0.2) is 0 Å². The van der Waals surface area contributed by atoms with E-state index in [0.717, 1.165) is 23.9 Å². The van der Waals surface area contributed by atoms with Crippen molar-refractivity contribution in [2.75, 3.05) is 19.6 Å². The molecule has 1 saturated carbocycles. The van der Waals surface area contributed by atoms with Gasteiger partial charge in [-0.3, -0.25) is 4.90 Å². The maximum absolute atomic E-state index is 3.86. The van der Waals surface area contributed by atoms with Gasteiger partial charge in [0.15, 0.2) is 0 Å². The van der Waals surface area contributed by atoms with Gasteiger partial charge in [0.2, 0.25) is 0 Å². The molecule has 21 heavy (non-hydrogen) atoms. The summed E-state index contributed by atoms with van der Waals surface area (Å²) in [6.45, 7) is 15.8. The molecule has 1 aliphatic carbocycles. The topological polar surface area (TPSA) is 15.3 Å². The second-order valence-electron chi connectivity index (χ2n) is 8.56. The Kier molecular flexibility index (Phi) is 6.14. The van der Waals surface area contributed by atoms with Gasteiger partial charge >= 0.3 is 0 Å². The molecule has 0 aromatic carbocycles. The van der Waals surface area contributed by atoms with Crippen molar-refractivity contribution in [3.05, 3.63) is 0 Å². The van der Waals surface area contributed by atoms with Crippen LogP contribution in [0.5, 0.6) is 0 Å². The monoisotopic (exact) mass is 294 g/mol. The number of rotatable bonds is 5. The molecule has 0 aromatic heterocycles. The molecule has 0 bridgehead atoms. The lowest BCUT2D eigenvalue weighted by Gasteiger charge is -2.45. The molecule has 0 spiro atoms. The van der Waals surface area contributed by atoms with Crippen molar-refractivity contribution < 1.29 is 0 Å². The molecule has 124 valence electrons. The molecule has 1 N–H and O–H groups in total. The average molecular weight is 295 g/mol. The fraction of sp³-hybridized carbons (Fsp3) is 1.00. The largest absolute Gasteiger partial charge is 0.312 e. The number of nitrogens with zero attached hydrogens (tertiary/aromatic N) is 1. The van der Waals surface area contributed by atoms with Crippen molar-refractivity contribution in [2.24, 2.45) is 17.3 Å². The molecule has 2 rings (SSSR count). The molecule has 1 aliphatic heterocycles. The molecule has 4 atom stereocenters. The van der Waals surface area contributed by atoms with Crippen LogP contribution in [0.4, 0.5) is 0 Å². The molecule has 2 nitrogen and oxygen atoms in total. The number of hydrogen-bond donors (Lipinski definition) is 1. The Bertz CT molecular complexity index is 305. The average Bonchev–Trinajstić information content (AvgIpc) is 2.92. The number of hydrogen-bond acceptors (Lipinski definition) is 2. The number of likely N-dealkylation sites (tertiary alicyclic amines) is 1. The zero-order chi connectivity index (χ0) is 15.5. The molecule has 0 aromatic rings. The molecule has 2 fully saturated rings. The van der Waals surface area contributed by atoms with Crippen molar-refractivity contribution >= 4 is 0 Å². The Balaban J connectivity index is 2.02. The zero-order valence-corrected chi connectivity index (χ0v) is 15.1. The highest BCUT2D eigenvalue weighted by Crippen LogP contribution is 2.40. The standard InChI is InChI=1S/C19H38N2/c1-6-11-20-17-9-8-16(19(3,4)5)13-18(17)21-12-10-15(7-2)14-21/h15-18,20H,6-14H2,1-5H3. The van der Waals surface area contributed by atoms with Gasteiger partial charge in [0.05, 0.1) is 0 Å². The summed E-state index contributed by atoms with van der Waals surface area (Å²) in [4.78, 5) is 2.83. The van der Waals surface area contributed by atoms with Crippen LogP contribution in [0.25, 0.3) is 0 Å². The van der Waals surface area contributed by atoms with E-state index in [1.54, 1.807) is 0 Å². The van der Waals surface area contributed by atoms with Gasteiger partial charge in [-0.25, -0.2) is 0 Å². The quantitative estimate of drug-likeness (QED) is 0.813. The first kappa shape index (κ1) is 17.3. The first-order valence-electron chi connectivity index (χ1n) is 9.43. The summed E-state index contributed by atoms with van der Waals surface area (Å²) in [6, 6.07) is 1.52. The van der Waals surface area contributed by atoms with Crippen LogP contribution in [0, 0.1) is 17.3 Å². The first-order valence-corrected chi connectivity index (χ1v) is 9.43. The smallest absolute Gasteiger partial charge is 0.0252 e. The fourth-order valence-electron chi connectivity index (χ4n) is 4.40. The van der Waals surface area contributed by atoms with E-state index >= 15 is 0 Å². The summed E-state index contributed by atoms with van der Waals surface area (Å²) in [7, 11) is 0. The summed E-state index contributed by atoms with van der Waals surface area (Å²) in [6.07, 6.45) is 8.23. The summed E-state index contributed by atoms with van der Waals surface area (Å²) >= 11 is 0. The molecule has 2 aliphatic rings. The minimum atomic E-state index is 0.470. The lowest BCUT2D eigenvalue weighted by atomic mass is 9.69. The molecule has 1 heterocycles. The third kappa shape index (κ3) is 4.45. The van der Waals surface area contributed by atoms with E-state index in [1.165, 1.54) is 58.2 Å². The van der Waals surface area contributed by atoms with Gasteiger partial charge in [0, 0.05) is 18.6 Å². The van der Waals surface area contributed by atoms with Crippen molar-refractivity contribution in [3.8, 4) is 0 Å². The lowest BCUT2D eigenvalue weighted by Crippen LogP contribution is -2.54. The van der Waals surface area contributed by atoms with Gasteiger partial charge in [0.1, 0.15) is 0 Å². The van der Waals surface area contributed by atoms with E-state index in [4.69, 9.17) is 0 Å². The Labute approximate surface area is 133 Å². The maximum atomic E-state index is 3.86. The van der Waals surface area contributed by atoms with E-state index in [2.05, 4.69) is 44.8 Å². The summed E-state index contributed by atoms with van der Waals surface area (Å²) in [5.74, 6) is 1.84. The van der Waals surface area contributed by atoms with Gasteiger partial charge in [-0.1, -0.05) is 41.0 Å². The highest BCUT2D eigenvalue weighted by atomic mass is 15.2. The van der Waals surface area contributed by atoms with Crippen molar-refractivity contribution in [1.82, 2.24) is 10.2 Å². The summed E-state index contributed by atoms with van der Waals surface area (Å²) in [5.41, 5.74) is 0.470. The Hall–Kier alpha value is -0.0800. The third-order valence-electron chi connectivity index (χ3n) is 6.06. The Morgan fingerprint density at radius 3 is 2.43 bits per heavy atom. The SMILES string of the molecule is CCCNC1CCC(C(C)(C)C)CC1N1CCC(CC)C1. The molecule has 0 radical (unpaired) electrons. The molecule has 0 amide bonds. The first-order chi connectivity index (χ1) is 9.95. The molecular weight excluding hydrogens is 256 g/mol. The van der Waals surface area contributed by atoms with Crippen LogP contribution in [0.3, 0.4) is 0 Å². The van der Waals surface area contributed by atoms with Gasteiger partial charge in [-0.15, -0.1) is 0 Å². The molecule has 1 saturated heterocycles. The van der Waals surface area contributed by atoms with Gasteiger partial charge < -0.3 is 5.32 Å². The van der Waals surface area contributed by atoms with Crippen LogP contribution in [-0.4, -0.2) is 36.6 Å². The summed E-state index contributed by atoms with van der Waals surface area (Å²) < 4.78 is 0. The fourth-order valence-corrected chi connectivity index (χ4v) is 4.40. The van der Waals surface area contributed by atoms with Crippen LogP contribution < -0.4 is 5.32 Å². The normalized spacial score (nSPS) is 35.3. The second kappa shape index (κ2) is 7.46. The maximum Gasteiger partial charge on any atom is 0.0252 e. The van der Waals surface area contributed by atoms with Gasteiger partial charge in [0.25, 0.3) is 0 Å². The summed E-state index contributed by atoms with van der Waals surface area (Å²) in [5, 5.41) is 3.86. The predicted molar refractivity (Wildman–Crippen MR) is 92.6 cm³/mol. The Morgan fingerprint density at radius 1 is 1.10 bits per heavy atom. The third-order valence-corrected chi connectivity index (χ3v) is 6.06. The van der Waals surface area contributed by atoms with Gasteiger partial charge in [-0.2, -0.15) is 0 Å². The minimum absolute atomic E-state index is 0.470. The molecule has 2 heteroatoms. The van der Waals surface area contributed by atoms with Crippen LogP contribution in [0.1, 0.15) is 73.1 Å². The van der Waals surface area contributed by atoms with Gasteiger partial charge in [-0.05, 0) is 62.4 Å². The number of nitrogens with one attached hydrogen (secondary N) is 1. The zero-order valence-electron chi connectivity index (χ0n) is 15.1. The lowest BCUT2D eigenvalue weighted by molar-refractivity contribution is 0.0692. The van der Waals surface area contributed by atoms with Crippen LogP contribution in [0.2, 0.25) is 0 Å². The minimum Gasteiger partial charge on any atom is -0.312 e.